The smallest absolute Gasteiger partial charge is 0.423 e. The number of rotatable bonds is 2. The fraction of sp³-hybridized carbons (Fsp3) is 0.133. The van der Waals surface area contributed by atoms with Crippen LogP contribution in [0.3, 0.4) is 0 Å². The van der Waals surface area contributed by atoms with Crippen LogP contribution in [-0.2, 0) is 12.8 Å². The summed E-state index contributed by atoms with van der Waals surface area (Å²) in [6.07, 6.45) is -9.29. The molecule has 0 fully saturated rings. The third-order valence-electron chi connectivity index (χ3n) is 6.75. The van der Waals surface area contributed by atoms with Gasteiger partial charge in [-0.2, -0.15) is 26.3 Å². The van der Waals surface area contributed by atoms with Crippen molar-refractivity contribution in [3.63, 3.8) is 0 Å². The maximum absolute atomic E-state index is 12.8. The molecule has 0 amide bonds. The summed E-state index contributed by atoms with van der Waals surface area (Å²) in [7, 11) is -1.66. The molecule has 4 aromatic carbocycles. The molecule has 0 aromatic heterocycles. The highest BCUT2D eigenvalue weighted by molar-refractivity contribution is 14.1. The molecule has 50 heavy (non-hydrogen) atoms. The highest BCUT2D eigenvalue weighted by Gasteiger charge is 2.39. The molecule has 0 spiro atoms. The summed E-state index contributed by atoms with van der Waals surface area (Å²) in [5, 5.41) is 19.7. The minimum atomic E-state index is -4.47. The van der Waals surface area contributed by atoms with Crippen molar-refractivity contribution in [2.45, 2.75) is 25.2 Å². The van der Waals surface area contributed by atoms with Crippen LogP contribution >= 0.6 is 115 Å². The maximum Gasteiger partial charge on any atom is 0.490 e. The van der Waals surface area contributed by atoms with Crippen molar-refractivity contribution in [3.8, 4) is 11.1 Å². The first-order valence-corrected chi connectivity index (χ1v) is 17.4. The molecule has 2 N–H and O–H groups in total. The number of aliphatic imine (C=N–C) groups is 2. The van der Waals surface area contributed by atoms with Crippen molar-refractivity contribution in [2.24, 2.45) is 9.98 Å². The summed E-state index contributed by atoms with van der Waals surface area (Å²) >= 11 is 49.0. The number of halogens is 15. The summed E-state index contributed by atoms with van der Waals surface area (Å²) < 4.78 is 76.2. The Kier molecular flexibility index (Phi) is 13.7. The Hall–Kier alpha value is -1.17. The Bertz CT molecular complexity index is 2040. The van der Waals surface area contributed by atoms with Crippen LogP contribution in [-0.4, -0.2) is 40.9 Å². The average Bonchev–Trinajstić information content (AvgIpc) is 3.61. The lowest BCUT2D eigenvalue weighted by atomic mass is 9.80. The molecule has 0 saturated heterocycles. The number of fused-ring (bicyclic) bond motifs is 2. The molecule has 264 valence electrons. The predicted molar refractivity (Wildman–Crippen MR) is 201 cm³/mol. The van der Waals surface area contributed by atoms with Crippen LogP contribution in [0.15, 0.2) is 58.5 Å². The van der Waals surface area contributed by atoms with E-state index in [1.807, 2.05) is 22.6 Å². The predicted octanol–water partition coefficient (Wildman–Crippen LogP) is 12.6. The van der Waals surface area contributed by atoms with Gasteiger partial charge in [0.25, 0.3) is 0 Å². The van der Waals surface area contributed by atoms with Crippen molar-refractivity contribution in [3.05, 3.63) is 103 Å². The maximum atomic E-state index is 12.8. The molecule has 0 saturated carbocycles. The van der Waals surface area contributed by atoms with Gasteiger partial charge in [-0.25, -0.2) is 9.98 Å². The number of hydrogen-bond donors (Lipinski definition) is 2. The zero-order valence-corrected chi connectivity index (χ0v) is 32.3. The highest BCUT2D eigenvalue weighted by Crippen LogP contribution is 2.44. The molecule has 2 heterocycles. The summed E-state index contributed by atoms with van der Waals surface area (Å²) in [6.45, 7) is 0. The van der Waals surface area contributed by atoms with Crippen molar-refractivity contribution in [1.82, 2.24) is 0 Å². The van der Waals surface area contributed by atoms with Crippen LogP contribution in [0.2, 0.25) is 40.2 Å². The fourth-order valence-electron chi connectivity index (χ4n) is 4.46. The number of benzene rings is 4. The molecule has 0 radical (unpaired) electrons. The molecule has 0 atom stereocenters. The van der Waals surface area contributed by atoms with Gasteiger partial charge in [0.05, 0.1) is 41.5 Å². The Morgan fingerprint density at radius 2 is 1.02 bits per heavy atom. The van der Waals surface area contributed by atoms with Gasteiger partial charge in [-0.1, -0.05) is 92.8 Å². The summed E-state index contributed by atoms with van der Waals surface area (Å²) in [5.74, 6) is 0. The molecule has 2 aliphatic rings. The van der Waals surface area contributed by atoms with E-state index in [-0.39, 0.29) is 49.1 Å². The van der Waals surface area contributed by atoms with Gasteiger partial charge in [-0.05, 0) is 82.2 Å². The van der Waals surface area contributed by atoms with Gasteiger partial charge in [0, 0.05) is 43.0 Å². The standard InChI is InChI=1S/C15H6Cl4F3N.C9H4ClF3IN.C6H4BCl3O2/c16-7-3-9(14(19)11(18)4-7)8-1-6-2-13(15(20,21)22)23-12(6)5-10(8)17;10-5-3-7-4(1-6(5)14)2-8(15-7)9(11,12)13;8-3-1-4(7(11)12)6(10)5(9)2-3/h1,3-5H,2H2;1,3H,2H2;1-2,11-12H. The van der Waals surface area contributed by atoms with Crippen molar-refractivity contribution >= 4 is 151 Å². The van der Waals surface area contributed by atoms with Gasteiger partial charge in [-0.3, -0.25) is 0 Å². The highest BCUT2D eigenvalue weighted by atomic mass is 127. The lowest BCUT2D eigenvalue weighted by Crippen LogP contribution is -2.30. The second-order valence-corrected chi connectivity index (χ2v) is 14.7. The van der Waals surface area contributed by atoms with E-state index in [1.54, 1.807) is 12.1 Å². The molecular formula is C30H14BCl8F6IN2O2. The van der Waals surface area contributed by atoms with E-state index in [2.05, 4.69) is 9.98 Å². The molecule has 0 bridgehead atoms. The Balaban J connectivity index is 0.000000180. The second kappa shape index (κ2) is 16.5. The summed E-state index contributed by atoms with van der Waals surface area (Å²) in [4.78, 5) is 7.13. The quantitative estimate of drug-likeness (QED) is 0.0910. The minimum Gasteiger partial charge on any atom is -0.423 e. The van der Waals surface area contributed by atoms with Crippen molar-refractivity contribution in [1.29, 1.82) is 0 Å². The van der Waals surface area contributed by atoms with Crippen molar-refractivity contribution in [2.75, 3.05) is 0 Å². The van der Waals surface area contributed by atoms with Crippen LogP contribution in [0, 0.1) is 3.57 Å². The SMILES string of the molecule is FC(F)(F)C1=Nc2cc(Cl)c(-c3cc(Cl)cc(Cl)c3Cl)cc2C1.FC(F)(F)C1=Nc2cc(Cl)c(I)cc2C1.OB(O)c1cc(Cl)cc(Cl)c1Cl. The van der Waals surface area contributed by atoms with Gasteiger partial charge >= 0.3 is 19.5 Å². The lowest BCUT2D eigenvalue weighted by molar-refractivity contribution is -0.0605. The van der Waals surface area contributed by atoms with Crippen molar-refractivity contribution < 1.29 is 36.4 Å². The van der Waals surface area contributed by atoms with Crippen LogP contribution in [0.25, 0.3) is 11.1 Å². The normalized spacial score (nSPS) is 13.4. The van der Waals surface area contributed by atoms with Gasteiger partial charge in [-0.15, -0.1) is 0 Å². The lowest BCUT2D eigenvalue weighted by Gasteiger charge is -2.11. The van der Waals surface area contributed by atoms with Crippen LogP contribution in [0.1, 0.15) is 11.1 Å². The fourth-order valence-corrected chi connectivity index (χ4v) is 6.83. The summed E-state index contributed by atoms with van der Waals surface area (Å²) in [5.41, 5.74) is 0.944. The topological polar surface area (TPSA) is 65.2 Å². The zero-order valence-electron chi connectivity index (χ0n) is 24.1. The number of nitrogens with zero attached hydrogens (tertiary/aromatic N) is 2. The van der Waals surface area contributed by atoms with E-state index in [0.29, 0.717) is 43.0 Å². The van der Waals surface area contributed by atoms with E-state index >= 15 is 0 Å². The van der Waals surface area contributed by atoms with Gasteiger partial charge in [0.2, 0.25) is 0 Å². The van der Waals surface area contributed by atoms with E-state index in [9.17, 15) is 26.3 Å². The van der Waals surface area contributed by atoms with Gasteiger partial charge < -0.3 is 10.0 Å². The first kappa shape index (κ1) is 41.6. The molecule has 4 aromatic rings. The zero-order chi connectivity index (χ0) is 37.5. The minimum absolute atomic E-state index is 0.106. The molecule has 6 rings (SSSR count). The largest absolute Gasteiger partial charge is 0.490 e. The molecule has 2 aliphatic heterocycles. The van der Waals surface area contributed by atoms with E-state index in [1.165, 1.54) is 36.4 Å². The van der Waals surface area contributed by atoms with E-state index < -0.39 is 30.9 Å². The van der Waals surface area contributed by atoms with Gasteiger partial charge in [0.15, 0.2) is 0 Å². The van der Waals surface area contributed by atoms with E-state index in [4.69, 9.17) is 103 Å². The molecule has 20 heteroatoms. The van der Waals surface area contributed by atoms with Gasteiger partial charge in [0.1, 0.15) is 11.4 Å². The first-order valence-electron chi connectivity index (χ1n) is 13.3. The van der Waals surface area contributed by atoms with Crippen LogP contribution < -0.4 is 5.46 Å². The molecule has 0 aliphatic carbocycles. The second-order valence-electron chi connectivity index (χ2n) is 10.2. The number of hydrogen-bond acceptors (Lipinski definition) is 4. The Labute approximate surface area is 334 Å². The summed E-state index contributed by atoms with van der Waals surface area (Å²) in [6, 6.07) is 11.8. The van der Waals surface area contributed by atoms with Crippen LogP contribution in [0.5, 0.6) is 0 Å². The average molecular weight is 970 g/mol. The molecular weight excluding hydrogens is 956 g/mol. The Morgan fingerprint density at radius 1 is 0.560 bits per heavy atom. The molecule has 4 nitrogen and oxygen atoms in total. The van der Waals surface area contributed by atoms with Crippen LogP contribution in [0.4, 0.5) is 37.7 Å². The third-order valence-corrected chi connectivity index (χ3v) is 10.6. The Morgan fingerprint density at radius 3 is 1.52 bits per heavy atom. The monoisotopic (exact) mass is 966 g/mol. The molecule has 0 unspecified atom stereocenters. The van der Waals surface area contributed by atoms with E-state index in [0.717, 1.165) is 3.57 Å². The number of alkyl halides is 6. The first-order chi connectivity index (χ1) is 23.1. The third kappa shape index (κ3) is 10.1.